The molecule has 0 bridgehead atoms. The van der Waals surface area contributed by atoms with Crippen LogP contribution in [0.2, 0.25) is 0 Å². The number of likely N-dealkylation sites (N-methyl/N-ethyl adjacent to an activating group) is 2. The Balaban J connectivity index is 2.28. The van der Waals surface area contributed by atoms with Crippen LogP contribution in [-0.2, 0) is 13.1 Å². The smallest absolute Gasteiger partial charge is 0.203 e. The number of rotatable bonds is 10. The average molecular weight is 332 g/mol. The summed E-state index contributed by atoms with van der Waals surface area (Å²) in [5.41, 5.74) is 2.97. The second-order valence-corrected chi connectivity index (χ2v) is 6.17. The number of hydrogen-bond donors (Lipinski definition) is 1. The van der Waals surface area contributed by atoms with Crippen molar-refractivity contribution in [3.8, 4) is 0 Å². The lowest BCUT2D eigenvalue weighted by atomic mass is 10.3. The number of fused-ring (bicyclic) bond motifs is 1. The van der Waals surface area contributed by atoms with Crippen LogP contribution < -0.4 is 5.62 Å². The SMILES string of the molecule is CCN(CC)CCn1c(=N)n(CCN(CC)CC)c2ccccc21. The van der Waals surface area contributed by atoms with Gasteiger partial charge >= 0.3 is 0 Å². The summed E-state index contributed by atoms with van der Waals surface area (Å²) in [6, 6.07) is 8.43. The van der Waals surface area contributed by atoms with Crippen LogP contribution in [0.4, 0.5) is 0 Å². The Morgan fingerprint density at radius 3 is 1.46 bits per heavy atom. The molecular formula is C19H33N5. The summed E-state index contributed by atoms with van der Waals surface area (Å²) in [4.78, 5) is 4.82. The van der Waals surface area contributed by atoms with Gasteiger partial charge < -0.3 is 18.9 Å². The Hall–Kier alpha value is -1.59. The van der Waals surface area contributed by atoms with Crippen LogP contribution in [0, 0.1) is 5.41 Å². The maximum atomic E-state index is 8.68. The van der Waals surface area contributed by atoms with Crippen molar-refractivity contribution in [2.75, 3.05) is 39.3 Å². The summed E-state index contributed by atoms with van der Waals surface area (Å²) in [7, 11) is 0. The van der Waals surface area contributed by atoms with Crippen LogP contribution in [0.15, 0.2) is 24.3 Å². The van der Waals surface area contributed by atoms with Gasteiger partial charge in [0, 0.05) is 26.2 Å². The highest BCUT2D eigenvalue weighted by molar-refractivity contribution is 5.75. The first kappa shape index (κ1) is 18.7. The Kier molecular flexibility index (Phi) is 7.06. The second-order valence-electron chi connectivity index (χ2n) is 6.17. The maximum absolute atomic E-state index is 8.68. The largest absolute Gasteiger partial charge is 0.309 e. The van der Waals surface area contributed by atoms with Gasteiger partial charge in [0.1, 0.15) is 0 Å². The molecule has 134 valence electrons. The molecule has 0 spiro atoms. The van der Waals surface area contributed by atoms with Crippen molar-refractivity contribution in [3.63, 3.8) is 0 Å². The zero-order valence-electron chi connectivity index (χ0n) is 15.8. The number of nitrogens with zero attached hydrogens (tertiary/aromatic N) is 4. The molecule has 0 aliphatic heterocycles. The first-order chi connectivity index (χ1) is 11.7. The van der Waals surface area contributed by atoms with E-state index in [2.05, 4.69) is 70.9 Å². The number of benzene rings is 1. The molecule has 0 saturated carbocycles. The van der Waals surface area contributed by atoms with E-state index >= 15 is 0 Å². The number of aromatic nitrogens is 2. The highest BCUT2D eigenvalue weighted by Gasteiger charge is 2.12. The molecule has 1 aromatic carbocycles. The van der Waals surface area contributed by atoms with Gasteiger partial charge in [-0.15, -0.1) is 0 Å². The molecule has 24 heavy (non-hydrogen) atoms. The normalized spacial score (nSPS) is 11.9. The van der Waals surface area contributed by atoms with Gasteiger partial charge in [0.15, 0.2) is 0 Å². The van der Waals surface area contributed by atoms with Crippen molar-refractivity contribution in [2.24, 2.45) is 0 Å². The minimum absolute atomic E-state index is 0.621. The van der Waals surface area contributed by atoms with E-state index in [9.17, 15) is 0 Å². The lowest BCUT2D eigenvalue weighted by Gasteiger charge is -2.19. The number of imidazole rings is 1. The molecule has 0 amide bonds. The van der Waals surface area contributed by atoms with E-state index in [0.717, 1.165) is 52.4 Å². The van der Waals surface area contributed by atoms with E-state index in [0.29, 0.717) is 5.62 Å². The predicted molar refractivity (Wildman–Crippen MR) is 101 cm³/mol. The van der Waals surface area contributed by atoms with Crippen molar-refractivity contribution < 1.29 is 0 Å². The zero-order chi connectivity index (χ0) is 17.5. The fourth-order valence-electron chi connectivity index (χ4n) is 3.31. The summed E-state index contributed by atoms with van der Waals surface area (Å²) >= 11 is 0. The van der Waals surface area contributed by atoms with E-state index < -0.39 is 0 Å². The summed E-state index contributed by atoms with van der Waals surface area (Å²) in [6.45, 7) is 16.8. The van der Waals surface area contributed by atoms with Crippen LogP contribution >= 0.6 is 0 Å². The predicted octanol–water partition coefficient (Wildman–Crippen LogP) is 2.61. The Morgan fingerprint density at radius 2 is 1.12 bits per heavy atom. The summed E-state index contributed by atoms with van der Waals surface area (Å²) < 4.78 is 4.33. The van der Waals surface area contributed by atoms with Gasteiger partial charge in [-0.25, -0.2) is 0 Å². The molecule has 0 aliphatic carbocycles. The molecule has 0 unspecified atom stereocenters. The van der Waals surface area contributed by atoms with E-state index in [-0.39, 0.29) is 0 Å². The van der Waals surface area contributed by atoms with Gasteiger partial charge in [0.25, 0.3) is 0 Å². The van der Waals surface area contributed by atoms with Crippen molar-refractivity contribution in [1.29, 1.82) is 5.41 Å². The highest BCUT2D eigenvalue weighted by atomic mass is 15.2. The Labute approximate surface area is 146 Å². The third kappa shape index (κ3) is 4.08. The van der Waals surface area contributed by atoms with Crippen LogP contribution in [-0.4, -0.2) is 58.2 Å². The van der Waals surface area contributed by atoms with Crippen LogP contribution in [0.3, 0.4) is 0 Å². The molecular weight excluding hydrogens is 298 g/mol. The molecule has 5 nitrogen and oxygen atoms in total. The fraction of sp³-hybridized carbons (Fsp3) is 0.632. The van der Waals surface area contributed by atoms with Gasteiger partial charge in [-0.05, 0) is 38.3 Å². The molecule has 0 saturated heterocycles. The topological polar surface area (TPSA) is 40.2 Å². The fourth-order valence-corrected chi connectivity index (χ4v) is 3.31. The van der Waals surface area contributed by atoms with Crippen LogP contribution in [0.1, 0.15) is 27.7 Å². The molecule has 2 aromatic rings. The van der Waals surface area contributed by atoms with Crippen LogP contribution in [0.25, 0.3) is 11.0 Å². The van der Waals surface area contributed by atoms with Crippen molar-refractivity contribution in [3.05, 3.63) is 29.9 Å². The molecule has 0 atom stereocenters. The molecule has 0 fully saturated rings. The van der Waals surface area contributed by atoms with Gasteiger partial charge in [-0.3, -0.25) is 5.41 Å². The minimum atomic E-state index is 0.621. The molecule has 1 heterocycles. The first-order valence-electron chi connectivity index (χ1n) is 9.33. The molecule has 1 aromatic heterocycles. The zero-order valence-corrected chi connectivity index (χ0v) is 15.8. The Bertz CT molecular complexity index is 621. The lowest BCUT2D eigenvalue weighted by Crippen LogP contribution is -2.34. The summed E-state index contributed by atoms with van der Waals surface area (Å²) in [5.74, 6) is 0. The average Bonchev–Trinajstić information content (AvgIpc) is 2.89. The quantitative estimate of drug-likeness (QED) is 0.727. The van der Waals surface area contributed by atoms with Gasteiger partial charge in [0.05, 0.1) is 11.0 Å². The summed E-state index contributed by atoms with van der Waals surface area (Å²) in [5, 5.41) is 8.68. The molecule has 1 N–H and O–H groups in total. The number of para-hydroxylation sites is 2. The maximum Gasteiger partial charge on any atom is 0.203 e. The summed E-state index contributed by atoms with van der Waals surface area (Å²) in [6.07, 6.45) is 0. The molecule has 0 radical (unpaired) electrons. The monoisotopic (exact) mass is 331 g/mol. The molecule has 5 heteroatoms. The van der Waals surface area contributed by atoms with E-state index in [1.807, 2.05) is 0 Å². The van der Waals surface area contributed by atoms with Crippen molar-refractivity contribution in [1.82, 2.24) is 18.9 Å². The van der Waals surface area contributed by atoms with E-state index in [1.54, 1.807) is 0 Å². The first-order valence-corrected chi connectivity index (χ1v) is 9.33. The molecule has 2 rings (SSSR count). The van der Waals surface area contributed by atoms with E-state index in [1.165, 1.54) is 11.0 Å². The number of nitrogens with one attached hydrogen (secondary N) is 1. The Morgan fingerprint density at radius 1 is 0.750 bits per heavy atom. The standard InChI is InChI=1S/C19H33N5/c1-5-21(6-2)13-15-23-17-11-9-10-12-18(17)24(19(23)20)16-14-22(7-3)8-4/h9-12,20H,5-8,13-16H2,1-4H3. The van der Waals surface area contributed by atoms with Crippen LogP contribution in [0.5, 0.6) is 0 Å². The van der Waals surface area contributed by atoms with Crippen molar-refractivity contribution in [2.45, 2.75) is 40.8 Å². The second kappa shape index (κ2) is 9.04. The van der Waals surface area contributed by atoms with Gasteiger partial charge in [-0.2, -0.15) is 0 Å². The highest BCUT2D eigenvalue weighted by Crippen LogP contribution is 2.13. The van der Waals surface area contributed by atoms with Crippen molar-refractivity contribution >= 4 is 11.0 Å². The van der Waals surface area contributed by atoms with Gasteiger partial charge in [-0.1, -0.05) is 39.8 Å². The number of hydrogen-bond acceptors (Lipinski definition) is 3. The minimum Gasteiger partial charge on any atom is -0.309 e. The third-order valence-electron chi connectivity index (χ3n) is 5.04. The lowest BCUT2D eigenvalue weighted by molar-refractivity contribution is 0.282. The van der Waals surface area contributed by atoms with E-state index in [4.69, 9.17) is 5.41 Å². The third-order valence-corrected chi connectivity index (χ3v) is 5.04. The molecule has 0 aliphatic rings. The van der Waals surface area contributed by atoms with Gasteiger partial charge in [0.2, 0.25) is 5.62 Å².